The van der Waals surface area contributed by atoms with Gasteiger partial charge in [-0.15, -0.1) is 0 Å². The Bertz CT molecular complexity index is 867. The second-order valence-electron chi connectivity index (χ2n) is 8.69. The number of anilines is 1. The van der Waals surface area contributed by atoms with Crippen LogP contribution < -0.4 is 10.6 Å². The van der Waals surface area contributed by atoms with E-state index in [1.165, 1.54) is 12.4 Å². The zero-order valence-corrected chi connectivity index (χ0v) is 20.2. The van der Waals surface area contributed by atoms with Crippen molar-refractivity contribution < 1.29 is 38.7 Å². The Morgan fingerprint density at radius 2 is 2.06 bits per heavy atom. The molecule has 0 spiro atoms. The van der Waals surface area contributed by atoms with Crippen LogP contribution in [0.1, 0.15) is 26.5 Å². The van der Waals surface area contributed by atoms with Crippen molar-refractivity contribution in [3.63, 3.8) is 0 Å². The number of nitrogens with zero attached hydrogens (tertiary/aromatic N) is 2. The Labute approximate surface area is 204 Å². The molecule has 1 aliphatic rings. The number of aldehydes is 1. The van der Waals surface area contributed by atoms with E-state index in [1.807, 2.05) is 0 Å². The molecule has 12 nitrogen and oxygen atoms in total. The number of amides is 1. The highest BCUT2D eigenvalue weighted by atomic mass is 16.6. The quantitative estimate of drug-likeness (QED) is 0.182. The number of carbonyl (C=O) groups excluding carboxylic acids is 2. The number of hydrogen-bond donors (Lipinski definition) is 4. The van der Waals surface area contributed by atoms with Gasteiger partial charge >= 0.3 is 6.09 Å². The molecule has 4 atom stereocenters. The summed E-state index contributed by atoms with van der Waals surface area (Å²) in [5.41, 5.74) is -0.141. The van der Waals surface area contributed by atoms with E-state index in [-0.39, 0.29) is 19.8 Å². The van der Waals surface area contributed by atoms with Gasteiger partial charge in [-0.1, -0.05) is 5.92 Å². The highest BCUT2D eigenvalue weighted by molar-refractivity contribution is 5.67. The Kier molecular flexibility index (Phi) is 11.8. The molecule has 194 valence electrons. The number of rotatable bonds is 11. The lowest BCUT2D eigenvalue weighted by molar-refractivity contribution is -0.141. The molecule has 0 bridgehead atoms. The number of aromatic nitrogens is 2. The van der Waals surface area contributed by atoms with E-state index in [9.17, 15) is 19.8 Å². The summed E-state index contributed by atoms with van der Waals surface area (Å²) < 4.78 is 21.3. The first-order valence-corrected chi connectivity index (χ1v) is 11.3. The normalized spacial score (nSPS) is 22.0. The van der Waals surface area contributed by atoms with Gasteiger partial charge in [-0.25, -0.2) is 9.78 Å². The van der Waals surface area contributed by atoms with Gasteiger partial charge < -0.3 is 44.6 Å². The molecule has 0 aromatic carbocycles. The lowest BCUT2D eigenvalue weighted by Gasteiger charge is -2.37. The SMILES string of the molecule is CC(C)(C)OC(=O)NCCOCCOCC#Cc1cncc(N[C@H]2CO[C@H](CO)[C@H](O)[C@@H]2C=O)n1. The summed E-state index contributed by atoms with van der Waals surface area (Å²) in [6.07, 6.45) is 1.20. The summed E-state index contributed by atoms with van der Waals surface area (Å²) in [5, 5.41) is 25.0. The zero-order valence-electron chi connectivity index (χ0n) is 20.2. The maximum Gasteiger partial charge on any atom is 0.407 e. The van der Waals surface area contributed by atoms with Gasteiger partial charge in [0.2, 0.25) is 0 Å². The van der Waals surface area contributed by atoms with Crippen molar-refractivity contribution in [1.82, 2.24) is 15.3 Å². The summed E-state index contributed by atoms with van der Waals surface area (Å²) >= 11 is 0. The minimum Gasteiger partial charge on any atom is -0.444 e. The lowest BCUT2D eigenvalue weighted by atomic mass is 9.89. The fraction of sp³-hybridized carbons (Fsp3) is 0.652. The van der Waals surface area contributed by atoms with E-state index in [0.717, 1.165) is 0 Å². The molecule has 1 fully saturated rings. The number of ether oxygens (including phenoxy) is 4. The molecule has 1 aromatic rings. The van der Waals surface area contributed by atoms with E-state index in [0.29, 0.717) is 44.2 Å². The van der Waals surface area contributed by atoms with Crippen molar-refractivity contribution in [1.29, 1.82) is 0 Å². The maximum atomic E-state index is 11.5. The number of aliphatic hydroxyl groups excluding tert-OH is 2. The molecule has 2 rings (SSSR count). The number of hydrogen-bond acceptors (Lipinski definition) is 11. The van der Waals surface area contributed by atoms with Crippen molar-refractivity contribution in [2.24, 2.45) is 5.92 Å². The first-order chi connectivity index (χ1) is 16.7. The molecule has 0 radical (unpaired) electrons. The largest absolute Gasteiger partial charge is 0.444 e. The molecular weight excluding hydrogens is 460 g/mol. The number of nitrogens with one attached hydrogen (secondary N) is 2. The van der Waals surface area contributed by atoms with Crippen LogP contribution in [0.2, 0.25) is 0 Å². The van der Waals surface area contributed by atoms with Crippen LogP contribution in [-0.4, -0.2) is 103 Å². The molecule has 1 amide bonds. The average molecular weight is 495 g/mol. The van der Waals surface area contributed by atoms with Crippen LogP contribution >= 0.6 is 0 Å². The predicted molar refractivity (Wildman–Crippen MR) is 125 cm³/mol. The molecule has 1 aromatic heterocycles. The highest BCUT2D eigenvalue weighted by Gasteiger charge is 2.39. The Balaban J connectivity index is 1.66. The minimum atomic E-state index is -1.12. The van der Waals surface area contributed by atoms with Gasteiger partial charge in [-0.2, -0.15) is 0 Å². The second kappa shape index (κ2) is 14.6. The summed E-state index contributed by atoms with van der Waals surface area (Å²) in [4.78, 5) is 31.3. The summed E-state index contributed by atoms with van der Waals surface area (Å²) in [5.74, 6) is 5.29. The van der Waals surface area contributed by atoms with Crippen LogP contribution in [0, 0.1) is 17.8 Å². The van der Waals surface area contributed by atoms with E-state index in [4.69, 9.17) is 18.9 Å². The van der Waals surface area contributed by atoms with Crippen LogP contribution in [0.5, 0.6) is 0 Å². The van der Waals surface area contributed by atoms with Crippen molar-refractivity contribution in [2.45, 2.75) is 44.6 Å². The van der Waals surface area contributed by atoms with Crippen LogP contribution in [0.3, 0.4) is 0 Å². The fourth-order valence-corrected chi connectivity index (χ4v) is 3.09. The van der Waals surface area contributed by atoms with Gasteiger partial charge in [0.15, 0.2) is 0 Å². The standard InChI is InChI=1S/C23H34N4O8/c1-23(2,3)35-22(31)25-6-8-33-10-9-32-7-4-5-16-11-24-12-20(26-16)27-18-15-34-19(14-29)21(30)17(18)13-28/h11-13,17-19,21,29-30H,6-10,14-15H2,1-3H3,(H,25,31)(H,26,27)/t17-,18+,19-,21-/m1/s1. The highest BCUT2D eigenvalue weighted by Crippen LogP contribution is 2.22. The van der Waals surface area contributed by atoms with Gasteiger partial charge in [-0.05, 0) is 26.7 Å². The Morgan fingerprint density at radius 3 is 2.77 bits per heavy atom. The molecule has 0 saturated carbocycles. The third-order valence-electron chi connectivity index (χ3n) is 4.71. The third-order valence-corrected chi connectivity index (χ3v) is 4.71. The topological polar surface area (TPSA) is 161 Å². The summed E-state index contributed by atoms with van der Waals surface area (Å²) in [7, 11) is 0. The van der Waals surface area contributed by atoms with Crippen molar-refractivity contribution in [3.05, 3.63) is 18.1 Å². The van der Waals surface area contributed by atoms with Crippen molar-refractivity contribution >= 4 is 18.2 Å². The smallest absolute Gasteiger partial charge is 0.407 e. The maximum absolute atomic E-state index is 11.5. The monoisotopic (exact) mass is 494 g/mol. The van der Waals surface area contributed by atoms with Gasteiger partial charge in [0, 0.05) is 6.54 Å². The molecule has 35 heavy (non-hydrogen) atoms. The van der Waals surface area contributed by atoms with Crippen LogP contribution in [-0.2, 0) is 23.7 Å². The molecule has 0 aliphatic carbocycles. The zero-order chi connectivity index (χ0) is 25.7. The molecule has 12 heteroatoms. The van der Waals surface area contributed by atoms with Crippen LogP contribution in [0.25, 0.3) is 0 Å². The van der Waals surface area contributed by atoms with E-state index in [1.54, 1.807) is 20.8 Å². The van der Waals surface area contributed by atoms with Gasteiger partial charge in [-0.3, -0.25) is 4.98 Å². The molecular formula is C23H34N4O8. The third kappa shape index (κ3) is 10.5. The Morgan fingerprint density at radius 1 is 1.29 bits per heavy atom. The van der Waals surface area contributed by atoms with Crippen LogP contribution in [0.4, 0.5) is 10.6 Å². The summed E-state index contributed by atoms with van der Waals surface area (Å²) in [6, 6.07) is -0.523. The lowest BCUT2D eigenvalue weighted by Crippen LogP contribution is -2.53. The first kappa shape index (κ1) is 28.4. The fourth-order valence-electron chi connectivity index (χ4n) is 3.09. The predicted octanol–water partition coefficient (Wildman–Crippen LogP) is -0.266. The molecule has 2 heterocycles. The van der Waals surface area contributed by atoms with Crippen LogP contribution in [0.15, 0.2) is 12.4 Å². The van der Waals surface area contributed by atoms with Gasteiger partial charge in [0.25, 0.3) is 0 Å². The van der Waals surface area contributed by atoms with Crippen molar-refractivity contribution in [2.75, 3.05) is 51.5 Å². The number of aliphatic hydroxyl groups is 2. The first-order valence-electron chi connectivity index (χ1n) is 11.3. The van der Waals surface area contributed by atoms with Crippen molar-refractivity contribution in [3.8, 4) is 11.8 Å². The molecule has 4 N–H and O–H groups in total. The minimum absolute atomic E-state index is 0.121. The Hall–Kier alpha value is -2.82. The van der Waals surface area contributed by atoms with Gasteiger partial charge in [0.1, 0.15) is 36.1 Å². The molecule has 0 unspecified atom stereocenters. The van der Waals surface area contributed by atoms with E-state index >= 15 is 0 Å². The van der Waals surface area contributed by atoms with E-state index < -0.39 is 35.9 Å². The van der Waals surface area contributed by atoms with E-state index in [2.05, 4.69) is 32.4 Å². The molecule has 1 saturated heterocycles. The number of carbonyl (C=O) groups is 2. The molecule has 1 aliphatic heterocycles. The average Bonchev–Trinajstić information content (AvgIpc) is 2.80. The summed E-state index contributed by atoms with van der Waals surface area (Å²) in [6.45, 7) is 6.64. The van der Waals surface area contributed by atoms with Gasteiger partial charge in [0.05, 0.1) is 63.5 Å². The second-order valence-corrected chi connectivity index (χ2v) is 8.69. The number of alkyl carbamates (subject to hydrolysis) is 1.